The highest BCUT2D eigenvalue weighted by molar-refractivity contribution is 5.92. The van der Waals surface area contributed by atoms with Gasteiger partial charge in [-0.1, -0.05) is 0 Å². The van der Waals surface area contributed by atoms with Gasteiger partial charge in [0.2, 0.25) is 5.91 Å². The molecule has 1 aliphatic carbocycles. The third-order valence-electron chi connectivity index (χ3n) is 3.44. The highest BCUT2D eigenvalue weighted by Gasteiger charge is 2.20. The zero-order chi connectivity index (χ0) is 15.2. The van der Waals surface area contributed by atoms with Crippen LogP contribution in [0.5, 0.6) is 11.5 Å². The predicted molar refractivity (Wildman–Crippen MR) is 99.5 cm³/mol. The van der Waals surface area contributed by atoms with Crippen molar-refractivity contribution in [2.45, 2.75) is 12.8 Å². The van der Waals surface area contributed by atoms with Crippen LogP contribution in [0.3, 0.4) is 0 Å². The predicted octanol–water partition coefficient (Wildman–Crippen LogP) is 3.66. The number of benzene rings is 1. The van der Waals surface area contributed by atoms with Crippen LogP contribution in [0.2, 0.25) is 0 Å². The molecular formula is C17H21Cl2N3O2. The smallest absolute Gasteiger partial charge is 0.238 e. The standard InChI is InChI=1S/C17H19N3O2.2ClH/c21-17(12-19-11-13-1-2-13)20-14-3-5-15(6-4-14)22-16-7-9-18-10-8-16;;/h3-10,13,19H,1-2,11-12H2,(H,20,21);2*1H. The van der Waals surface area contributed by atoms with E-state index >= 15 is 0 Å². The van der Waals surface area contributed by atoms with Gasteiger partial charge in [0.25, 0.3) is 0 Å². The summed E-state index contributed by atoms with van der Waals surface area (Å²) in [4.78, 5) is 15.7. The van der Waals surface area contributed by atoms with Crippen molar-refractivity contribution in [3.63, 3.8) is 0 Å². The molecule has 1 fully saturated rings. The van der Waals surface area contributed by atoms with Crippen molar-refractivity contribution in [3.8, 4) is 11.5 Å². The Morgan fingerprint density at radius 3 is 2.29 bits per heavy atom. The van der Waals surface area contributed by atoms with E-state index in [-0.39, 0.29) is 30.7 Å². The number of carbonyl (C=O) groups is 1. The number of hydrogen-bond donors (Lipinski definition) is 2. The summed E-state index contributed by atoms with van der Waals surface area (Å²) in [5, 5.41) is 6.03. The molecule has 7 heteroatoms. The molecule has 0 spiro atoms. The van der Waals surface area contributed by atoms with E-state index < -0.39 is 0 Å². The molecule has 0 aliphatic heterocycles. The lowest BCUT2D eigenvalue weighted by Crippen LogP contribution is -2.29. The average Bonchev–Trinajstić information content (AvgIpc) is 3.35. The van der Waals surface area contributed by atoms with Crippen molar-refractivity contribution in [1.82, 2.24) is 10.3 Å². The number of rotatable bonds is 7. The second-order valence-corrected chi connectivity index (χ2v) is 5.43. The van der Waals surface area contributed by atoms with Crippen molar-refractivity contribution < 1.29 is 9.53 Å². The normalized spacial score (nSPS) is 12.5. The lowest BCUT2D eigenvalue weighted by molar-refractivity contribution is -0.115. The summed E-state index contributed by atoms with van der Waals surface area (Å²) in [6.07, 6.45) is 5.93. The van der Waals surface area contributed by atoms with Gasteiger partial charge >= 0.3 is 0 Å². The summed E-state index contributed by atoms with van der Waals surface area (Å²) in [6.45, 7) is 1.29. The summed E-state index contributed by atoms with van der Waals surface area (Å²) in [7, 11) is 0. The van der Waals surface area contributed by atoms with Crippen LogP contribution in [-0.4, -0.2) is 24.0 Å². The molecule has 2 N–H and O–H groups in total. The largest absolute Gasteiger partial charge is 0.457 e. The van der Waals surface area contributed by atoms with Crippen LogP contribution < -0.4 is 15.4 Å². The molecule has 2 aromatic rings. The molecule has 1 aliphatic rings. The molecule has 1 aromatic heterocycles. The van der Waals surface area contributed by atoms with Crippen LogP contribution in [0.25, 0.3) is 0 Å². The van der Waals surface area contributed by atoms with Crippen LogP contribution in [-0.2, 0) is 4.79 Å². The van der Waals surface area contributed by atoms with E-state index in [4.69, 9.17) is 4.74 Å². The zero-order valence-electron chi connectivity index (χ0n) is 13.1. The molecule has 24 heavy (non-hydrogen) atoms. The Hall–Kier alpha value is -1.82. The molecule has 1 heterocycles. The van der Waals surface area contributed by atoms with E-state index in [2.05, 4.69) is 15.6 Å². The fourth-order valence-electron chi connectivity index (χ4n) is 2.07. The molecule has 0 unspecified atom stereocenters. The van der Waals surface area contributed by atoms with Crippen molar-refractivity contribution in [2.75, 3.05) is 18.4 Å². The number of halogens is 2. The zero-order valence-corrected chi connectivity index (χ0v) is 14.7. The number of nitrogens with zero attached hydrogens (tertiary/aromatic N) is 1. The number of pyridine rings is 1. The van der Waals surface area contributed by atoms with Crippen LogP contribution in [0, 0.1) is 5.92 Å². The van der Waals surface area contributed by atoms with E-state index in [0.29, 0.717) is 6.54 Å². The Morgan fingerprint density at radius 1 is 1.04 bits per heavy atom. The van der Waals surface area contributed by atoms with Gasteiger partial charge in [-0.05, 0) is 61.7 Å². The first kappa shape index (κ1) is 20.2. The molecule has 0 bridgehead atoms. The lowest BCUT2D eigenvalue weighted by Gasteiger charge is -2.08. The van der Waals surface area contributed by atoms with Gasteiger partial charge in [-0.3, -0.25) is 9.78 Å². The van der Waals surface area contributed by atoms with Gasteiger partial charge in [0.1, 0.15) is 11.5 Å². The molecule has 1 aromatic carbocycles. The SMILES string of the molecule is Cl.Cl.O=C(CNCC1CC1)Nc1ccc(Oc2ccncc2)cc1. The van der Waals surface area contributed by atoms with Gasteiger partial charge in [-0.25, -0.2) is 0 Å². The number of hydrogen-bond acceptors (Lipinski definition) is 4. The van der Waals surface area contributed by atoms with Crippen molar-refractivity contribution in [3.05, 3.63) is 48.8 Å². The van der Waals surface area contributed by atoms with Crippen LogP contribution in [0.1, 0.15) is 12.8 Å². The summed E-state index contributed by atoms with van der Waals surface area (Å²) in [6, 6.07) is 10.9. The Bertz CT molecular complexity index is 619. The molecule has 0 radical (unpaired) electrons. The first-order valence-electron chi connectivity index (χ1n) is 7.48. The fourth-order valence-corrected chi connectivity index (χ4v) is 2.07. The second-order valence-electron chi connectivity index (χ2n) is 5.43. The van der Waals surface area contributed by atoms with Gasteiger partial charge in [0.05, 0.1) is 6.54 Å². The first-order valence-corrected chi connectivity index (χ1v) is 7.48. The molecule has 0 atom stereocenters. The molecule has 1 saturated carbocycles. The summed E-state index contributed by atoms with van der Waals surface area (Å²) < 4.78 is 5.67. The third kappa shape index (κ3) is 6.74. The van der Waals surface area contributed by atoms with Crippen LogP contribution in [0.15, 0.2) is 48.8 Å². The number of nitrogens with one attached hydrogen (secondary N) is 2. The maximum Gasteiger partial charge on any atom is 0.238 e. The molecule has 1 amide bonds. The van der Waals surface area contributed by atoms with E-state index in [9.17, 15) is 4.79 Å². The highest BCUT2D eigenvalue weighted by atomic mass is 35.5. The van der Waals surface area contributed by atoms with E-state index in [1.165, 1.54) is 12.8 Å². The third-order valence-corrected chi connectivity index (χ3v) is 3.44. The summed E-state index contributed by atoms with van der Waals surface area (Å²) in [5.74, 6) is 2.20. The summed E-state index contributed by atoms with van der Waals surface area (Å²) >= 11 is 0. The number of amides is 1. The lowest BCUT2D eigenvalue weighted by atomic mass is 10.3. The quantitative estimate of drug-likeness (QED) is 0.781. The van der Waals surface area contributed by atoms with E-state index in [1.807, 2.05) is 24.3 Å². The molecule has 5 nitrogen and oxygen atoms in total. The Kier molecular flexibility index (Phi) is 8.54. The topological polar surface area (TPSA) is 63.2 Å². The maximum absolute atomic E-state index is 11.8. The average molecular weight is 370 g/mol. The summed E-state index contributed by atoms with van der Waals surface area (Å²) in [5.41, 5.74) is 0.764. The van der Waals surface area contributed by atoms with Crippen LogP contribution in [0.4, 0.5) is 5.69 Å². The number of carbonyl (C=O) groups excluding carboxylic acids is 1. The molecule has 0 saturated heterocycles. The number of ether oxygens (including phenoxy) is 1. The first-order chi connectivity index (χ1) is 10.8. The Morgan fingerprint density at radius 2 is 1.67 bits per heavy atom. The fraction of sp³-hybridized carbons (Fsp3) is 0.294. The van der Waals surface area contributed by atoms with Gasteiger partial charge < -0.3 is 15.4 Å². The van der Waals surface area contributed by atoms with E-state index in [0.717, 1.165) is 29.6 Å². The van der Waals surface area contributed by atoms with E-state index in [1.54, 1.807) is 24.5 Å². The minimum Gasteiger partial charge on any atom is -0.457 e. The Labute approximate surface area is 154 Å². The number of aromatic nitrogens is 1. The second kappa shape index (κ2) is 10.1. The monoisotopic (exact) mass is 369 g/mol. The molecular weight excluding hydrogens is 349 g/mol. The van der Waals surface area contributed by atoms with Crippen molar-refractivity contribution in [2.24, 2.45) is 5.92 Å². The number of anilines is 1. The Balaban J connectivity index is 0.00000144. The van der Waals surface area contributed by atoms with Gasteiger partial charge in [-0.2, -0.15) is 0 Å². The van der Waals surface area contributed by atoms with Gasteiger partial charge in [0, 0.05) is 18.1 Å². The van der Waals surface area contributed by atoms with Crippen molar-refractivity contribution >= 4 is 36.4 Å². The minimum absolute atomic E-state index is 0. The molecule has 3 rings (SSSR count). The minimum atomic E-state index is -0.0246. The highest BCUT2D eigenvalue weighted by Crippen LogP contribution is 2.27. The van der Waals surface area contributed by atoms with Gasteiger partial charge in [-0.15, -0.1) is 24.8 Å². The molecule has 130 valence electrons. The maximum atomic E-state index is 11.8. The van der Waals surface area contributed by atoms with Crippen LogP contribution >= 0.6 is 24.8 Å². The van der Waals surface area contributed by atoms with Gasteiger partial charge in [0.15, 0.2) is 0 Å². The van der Waals surface area contributed by atoms with Crippen molar-refractivity contribution in [1.29, 1.82) is 0 Å².